The maximum Gasteiger partial charge on any atom is 0.257 e. The molecule has 37 heavy (non-hydrogen) atoms. The first-order chi connectivity index (χ1) is 18.0. The number of carbonyl (C=O) groups is 2. The number of aryl methyl sites for hydroxylation is 2. The van der Waals surface area contributed by atoms with Crippen molar-refractivity contribution >= 4 is 41.4 Å². The van der Waals surface area contributed by atoms with Crippen molar-refractivity contribution in [1.29, 1.82) is 0 Å². The van der Waals surface area contributed by atoms with Crippen molar-refractivity contribution in [1.82, 2.24) is 9.78 Å². The lowest BCUT2D eigenvalue weighted by Gasteiger charge is -2.20. The minimum atomic E-state index is -0.216. The Balaban J connectivity index is 0.00000102. The second-order valence-corrected chi connectivity index (χ2v) is 10.2. The Morgan fingerprint density at radius 2 is 1.86 bits per heavy atom. The fraction of sp³-hybridized carbons (Fsp3) is 0.207. The third kappa shape index (κ3) is 5.89. The molecule has 8 heteroatoms. The van der Waals surface area contributed by atoms with Gasteiger partial charge in [0.15, 0.2) is 0 Å². The minimum Gasteiger partial charge on any atom is -0.372 e. The number of primary amides is 1. The molecule has 4 aromatic rings. The van der Waals surface area contributed by atoms with Crippen molar-refractivity contribution < 1.29 is 9.59 Å². The Bertz CT molecular complexity index is 1420. The highest BCUT2D eigenvalue weighted by Gasteiger charge is 2.25. The van der Waals surface area contributed by atoms with Gasteiger partial charge in [-0.25, -0.2) is 4.68 Å². The number of fused-ring (bicyclic) bond motifs is 3. The van der Waals surface area contributed by atoms with Gasteiger partial charge in [0.25, 0.3) is 5.91 Å². The predicted octanol–water partition coefficient (Wildman–Crippen LogP) is 6.46. The van der Waals surface area contributed by atoms with E-state index in [0.29, 0.717) is 10.6 Å². The van der Waals surface area contributed by atoms with Crippen LogP contribution in [0.25, 0.3) is 16.9 Å². The van der Waals surface area contributed by atoms with Gasteiger partial charge in [0.1, 0.15) is 0 Å². The van der Waals surface area contributed by atoms with Crippen LogP contribution in [0.4, 0.5) is 5.69 Å². The number of nitrogens with one attached hydrogen (secondary N) is 1. The normalized spacial score (nSPS) is 11.5. The number of hydrogen-bond donors (Lipinski definition) is 2. The number of carbonyl (C=O) groups excluding carboxylic acids is 2. The molecule has 0 bridgehead atoms. The Hall–Kier alpha value is -3.55. The zero-order valence-corrected chi connectivity index (χ0v) is 22.4. The van der Waals surface area contributed by atoms with Gasteiger partial charge in [0.05, 0.1) is 27.7 Å². The van der Waals surface area contributed by atoms with Crippen LogP contribution < -0.4 is 11.1 Å². The standard InChI is InChI=1S/C28H26ClN3OS.CH3NO/c1-3-16-34-22-13-11-21(12-14-22)32-27-23(18(2)31-32)15-9-19-8-10-20(17-25(19)27)30-28(33)24-6-4-5-7-26(24)29;2-1-3/h4-8,10-14,17H,3,9,15-16H2,1-2H3,(H,30,33);1H,(H2,2,3). The van der Waals surface area contributed by atoms with Crippen LogP contribution in [-0.4, -0.2) is 27.9 Å². The van der Waals surface area contributed by atoms with Crippen LogP contribution in [0.15, 0.2) is 71.6 Å². The first-order valence-electron chi connectivity index (χ1n) is 12.1. The molecule has 1 heterocycles. The van der Waals surface area contributed by atoms with Crippen LogP contribution in [-0.2, 0) is 17.6 Å². The summed E-state index contributed by atoms with van der Waals surface area (Å²) in [5.74, 6) is 0.900. The number of rotatable bonds is 6. The second-order valence-electron chi connectivity index (χ2n) is 8.61. The van der Waals surface area contributed by atoms with E-state index in [4.69, 9.17) is 21.5 Å². The summed E-state index contributed by atoms with van der Waals surface area (Å²) in [6, 6.07) is 21.8. The van der Waals surface area contributed by atoms with Gasteiger partial charge in [-0.2, -0.15) is 5.10 Å². The SMILES string of the molecule is CCCSc1ccc(-n2nc(C)c3c2-c2cc(NC(=O)c4ccccc4Cl)ccc2CC3)cc1.NC=O. The van der Waals surface area contributed by atoms with E-state index in [1.54, 1.807) is 12.1 Å². The van der Waals surface area contributed by atoms with Crippen molar-refractivity contribution in [2.24, 2.45) is 5.73 Å². The van der Waals surface area contributed by atoms with E-state index in [1.165, 1.54) is 16.0 Å². The predicted molar refractivity (Wildman–Crippen MR) is 152 cm³/mol. The molecule has 0 atom stereocenters. The quantitative estimate of drug-likeness (QED) is 0.220. The van der Waals surface area contributed by atoms with Crippen LogP contribution in [0.2, 0.25) is 5.02 Å². The van der Waals surface area contributed by atoms with Crippen molar-refractivity contribution in [2.45, 2.75) is 38.0 Å². The van der Waals surface area contributed by atoms with Gasteiger partial charge in [-0.05, 0) is 86.0 Å². The smallest absolute Gasteiger partial charge is 0.257 e. The van der Waals surface area contributed by atoms with Crippen LogP contribution in [0.5, 0.6) is 0 Å². The molecule has 3 aromatic carbocycles. The summed E-state index contributed by atoms with van der Waals surface area (Å²) in [4.78, 5) is 22.7. The van der Waals surface area contributed by atoms with Gasteiger partial charge in [0, 0.05) is 21.7 Å². The molecule has 6 nitrogen and oxygen atoms in total. The number of anilines is 1. The van der Waals surface area contributed by atoms with Gasteiger partial charge >= 0.3 is 0 Å². The van der Waals surface area contributed by atoms with Crippen molar-refractivity contribution in [2.75, 3.05) is 11.1 Å². The maximum absolute atomic E-state index is 12.8. The summed E-state index contributed by atoms with van der Waals surface area (Å²) in [5, 5.41) is 8.36. The van der Waals surface area contributed by atoms with E-state index in [0.717, 1.165) is 53.3 Å². The summed E-state index contributed by atoms with van der Waals surface area (Å²) < 4.78 is 2.05. The Morgan fingerprint density at radius 3 is 2.57 bits per heavy atom. The third-order valence-electron chi connectivity index (χ3n) is 6.12. The van der Waals surface area contributed by atoms with E-state index in [-0.39, 0.29) is 12.3 Å². The molecule has 1 aromatic heterocycles. The van der Waals surface area contributed by atoms with Crippen LogP contribution in [0.1, 0.15) is 40.5 Å². The van der Waals surface area contributed by atoms with E-state index >= 15 is 0 Å². The van der Waals surface area contributed by atoms with Gasteiger partial charge in [-0.15, -0.1) is 11.8 Å². The molecule has 3 N–H and O–H groups in total. The summed E-state index contributed by atoms with van der Waals surface area (Å²) >= 11 is 8.10. The second kappa shape index (κ2) is 12.1. The van der Waals surface area contributed by atoms with E-state index < -0.39 is 0 Å². The average molecular weight is 533 g/mol. The number of nitrogens with zero attached hydrogens (tertiary/aromatic N) is 2. The number of thioether (sulfide) groups is 1. The zero-order valence-electron chi connectivity index (χ0n) is 20.8. The minimum absolute atomic E-state index is 0.216. The lowest BCUT2D eigenvalue weighted by atomic mass is 9.88. The van der Waals surface area contributed by atoms with Crippen LogP contribution in [0.3, 0.4) is 0 Å². The first-order valence-corrected chi connectivity index (χ1v) is 13.5. The van der Waals surface area contributed by atoms with Crippen molar-refractivity contribution in [3.8, 4) is 16.9 Å². The van der Waals surface area contributed by atoms with E-state index in [2.05, 4.69) is 66.0 Å². The van der Waals surface area contributed by atoms with E-state index in [1.807, 2.05) is 30.0 Å². The molecule has 0 aliphatic heterocycles. The Labute approximate surface area is 226 Å². The largest absolute Gasteiger partial charge is 0.372 e. The molecule has 0 spiro atoms. The molecular weight excluding hydrogens is 504 g/mol. The number of hydrogen-bond acceptors (Lipinski definition) is 4. The molecule has 0 unspecified atom stereocenters. The lowest BCUT2D eigenvalue weighted by Crippen LogP contribution is -2.13. The van der Waals surface area contributed by atoms with Crippen molar-refractivity contribution in [3.05, 3.63) is 94.1 Å². The van der Waals surface area contributed by atoms with Crippen LogP contribution in [0, 0.1) is 6.92 Å². The summed E-state index contributed by atoms with van der Waals surface area (Å²) in [5.41, 5.74) is 12.2. The topological polar surface area (TPSA) is 90.0 Å². The molecule has 0 radical (unpaired) electrons. The average Bonchev–Trinajstić information content (AvgIpc) is 3.25. The molecule has 1 aliphatic rings. The number of benzene rings is 3. The number of amides is 2. The van der Waals surface area contributed by atoms with Gasteiger partial charge in [-0.3, -0.25) is 9.59 Å². The fourth-order valence-corrected chi connectivity index (χ4v) is 5.41. The molecule has 2 amide bonds. The highest BCUT2D eigenvalue weighted by Crippen LogP contribution is 2.38. The lowest BCUT2D eigenvalue weighted by molar-refractivity contribution is -0.106. The van der Waals surface area contributed by atoms with Crippen LogP contribution >= 0.6 is 23.4 Å². The number of nitrogens with two attached hydrogens (primary N) is 1. The molecule has 0 saturated heterocycles. The van der Waals surface area contributed by atoms with Gasteiger partial charge in [-0.1, -0.05) is 36.7 Å². The highest BCUT2D eigenvalue weighted by atomic mass is 35.5. The van der Waals surface area contributed by atoms with Gasteiger partial charge < -0.3 is 11.1 Å². The summed E-state index contributed by atoms with van der Waals surface area (Å²) in [6.07, 6.45) is 3.33. The monoisotopic (exact) mass is 532 g/mol. The summed E-state index contributed by atoms with van der Waals surface area (Å²) in [6.45, 7) is 4.28. The van der Waals surface area contributed by atoms with Gasteiger partial charge in [0.2, 0.25) is 6.41 Å². The highest BCUT2D eigenvalue weighted by molar-refractivity contribution is 7.99. The molecule has 190 valence electrons. The molecule has 5 rings (SSSR count). The molecule has 1 aliphatic carbocycles. The first kappa shape index (κ1) is 26.5. The van der Waals surface area contributed by atoms with Crippen molar-refractivity contribution in [3.63, 3.8) is 0 Å². The number of halogens is 1. The van der Waals surface area contributed by atoms with E-state index in [9.17, 15) is 4.79 Å². The Morgan fingerprint density at radius 1 is 1.14 bits per heavy atom. The molecule has 0 saturated carbocycles. The maximum atomic E-state index is 12.8. The molecule has 0 fully saturated rings. The number of aromatic nitrogens is 2. The third-order valence-corrected chi connectivity index (χ3v) is 7.67. The summed E-state index contributed by atoms with van der Waals surface area (Å²) in [7, 11) is 0. The zero-order chi connectivity index (χ0) is 26.4. The fourth-order valence-electron chi connectivity index (χ4n) is 4.42. The Kier molecular flexibility index (Phi) is 8.69. The molecular formula is C29H29ClN4O2S.